The number of halogens is 7. The van der Waals surface area contributed by atoms with Crippen molar-refractivity contribution < 1.29 is 31.1 Å². The Morgan fingerprint density at radius 1 is 0.941 bits per heavy atom. The summed E-state index contributed by atoms with van der Waals surface area (Å²) in [5, 5.41) is -0.951. The van der Waals surface area contributed by atoms with Crippen LogP contribution in [-0.2, 0) is 12.4 Å². The average molecular weight is 277 g/mol. The Balaban J connectivity index is 3.55. The van der Waals surface area contributed by atoms with E-state index in [1.165, 1.54) is 0 Å². The summed E-state index contributed by atoms with van der Waals surface area (Å²) in [4.78, 5) is 10.3. The van der Waals surface area contributed by atoms with Crippen LogP contribution in [0.15, 0.2) is 12.1 Å². The van der Waals surface area contributed by atoms with Crippen molar-refractivity contribution in [2.75, 3.05) is 0 Å². The second-order valence-corrected chi connectivity index (χ2v) is 3.44. The third kappa shape index (κ3) is 2.91. The summed E-state index contributed by atoms with van der Waals surface area (Å²) >= 11 is 5.17. The van der Waals surface area contributed by atoms with Gasteiger partial charge in [0.15, 0.2) is 6.29 Å². The van der Waals surface area contributed by atoms with Crippen molar-refractivity contribution in [2.45, 2.75) is 12.4 Å². The molecule has 0 amide bonds. The lowest BCUT2D eigenvalue weighted by atomic mass is 10.0. The molecule has 0 heterocycles. The maximum absolute atomic E-state index is 12.4. The van der Waals surface area contributed by atoms with E-state index in [1.807, 2.05) is 0 Å². The van der Waals surface area contributed by atoms with Crippen molar-refractivity contribution in [1.29, 1.82) is 0 Å². The Hall–Kier alpha value is -1.24. The molecular weight excluding hydrogens is 274 g/mol. The molecule has 0 fully saturated rings. The molecule has 0 saturated heterocycles. The van der Waals surface area contributed by atoms with Gasteiger partial charge in [-0.1, -0.05) is 11.6 Å². The number of benzene rings is 1. The molecule has 1 aromatic rings. The van der Waals surface area contributed by atoms with Gasteiger partial charge in [0.2, 0.25) is 0 Å². The third-order valence-electron chi connectivity index (χ3n) is 1.88. The molecule has 0 aliphatic carbocycles. The van der Waals surface area contributed by atoms with Crippen LogP contribution >= 0.6 is 11.6 Å². The first kappa shape index (κ1) is 13.8. The van der Waals surface area contributed by atoms with Crippen molar-refractivity contribution in [3.8, 4) is 0 Å². The minimum Gasteiger partial charge on any atom is -0.298 e. The minimum absolute atomic E-state index is 0.175. The van der Waals surface area contributed by atoms with E-state index in [1.54, 1.807) is 0 Å². The standard InChI is InChI=1S/C9H3ClF6O/c10-7-1-4(3-17)5(8(11,12)13)2-6(7)9(14,15)16/h1-3H. The maximum atomic E-state index is 12.4. The normalized spacial score (nSPS) is 12.6. The Morgan fingerprint density at radius 2 is 1.41 bits per heavy atom. The lowest BCUT2D eigenvalue weighted by Gasteiger charge is -2.14. The molecule has 0 spiro atoms. The summed E-state index contributed by atoms with van der Waals surface area (Å²) in [5.74, 6) is 0. The van der Waals surface area contributed by atoms with Crippen molar-refractivity contribution in [1.82, 2.24) is 0 Å². The number of rotatable bonds is 1. The molecule has 8 heteroatoms. The molecule has 17 heavy (non-hydrogen) atoms. The van der Waals surface area contributed by atoms with E-state index in [-0.39, 0.29) is 12.4 Å². The zero-order chi connectivity index (χ0) is 13.4. The van der Waals surface area contributed by atoms with Gasteiger partial charge in [-0.15, -0.1) is 0 Å². The summed E-state index contributed by atoms with van der Waals surface area (Å²) in [6, 6.07) is 0.173. The largest absolute Gasteiger partial charge is 0.417 e. The fraction of sp³-hybridized carbons (Fsp3) is 0.222. The Morgan fingerprint density at radius 3 is 1.76 bits per heavy atom. The first-order valence-corrected chi connectivity index (χ1v) is 4.38. The number of hydrogen-bond acceptors (Lipinski definition) is 1. The van der Waals surface area contributed by atoms with Crippen LogP contribution in [0.3, 0.4) is 0 Å². The van der Waals surface area contributed by atoms with E-state index in [0.29, 0.717) is 6.07 Å². The van der Waals surface area contributed by atoms with E-state index in [0.717, 1.165) is 0 Å². The molecule has 0 aliphatic heterocycles. The number of alkyl halides is 6. The molecule has 0 radical (unpaired) electrons. The van der Waals surface area contributed by atoms with Gasteiger partial charge in [0.1, 0.15) is 0 Å². The molecule has 0 aliphatic rings. The molecule has 94 valence electrons. The van der Waals surface area contributed by atoms with Gasteiger partial charge in [0.05, 0.1) is 16.1 Å². The summed E-state index contributed by atoms with van der Waals surface area (Å²) in [6.45, 7) is 0. The molecule has 0 atom stereocenters. The smallest absolute Gasteiger partial charge is 0.298 e. The van der Waals surface area contributed by atoms with Crippen LogP contribution in [0.25, 0.3) is 0 Å². The third-order valence-corrected chi connectivity index (χ3v) is 2.19. The Bertz CT molecular complexity index is 448. The quantitative estimate of drug-likeness (QED) is 0.555. The van der Waals surface area contributed by atoms with Crippen molar-refractivity contribution in [3.63, 3.8) is 0 Å². The first-order valence-electron chi connectivity index (χ1n) is 4.00. The molecule has 1 aromatic carbocycles. The zero-order valence-electron chi connectivity index (χ0n) is 7.79. The van der Waals surface area contributed by atoms with Gasteiger partial charge in [-0.3, -0.25) is 4.79 Å². The molecule has 1 rings (SSSR count). The second kappa shape index (κ2) is 4.21. The van der Waals surface area contributed by atoms with Gasteiger partial charge in [0.25, 0.3) is 0 Å². The molecular formula is C9H3ClF6O. The number of aldehydes is 1. The molecule has 1 nitrogen and oxygen atoms in total. The molecule has 0 aromatic heterocycles. The monoisotopic (exact) mass is 276 g/mol. The lowest BCUT2D eigenvalue weighted by molar-refractivity contribution is -0.143. The first-order chi connectivity index (χ1) is 7.57. The van der Waals surface area contributed by atoms with Gasteiger partial charge in [-0.05, 0) is 12.1 Å². The number of carbonyl (C=O) groups is 1. The average Bonchev–Trinajstić information content (AvgIpc) is 2.13. The van der Waals surface area contributed by atoms with Gasteiger partial charge >= 0.3 is 12.4 Å². The van der Waals surface area contributed by atoms with E-state index in [9.17, 15) is 31.1 Å². The van der Waals surface area contributed by atoms with Crippen LogP contribution < -0.4 is 0 Å². The van der Waals surface area contributed by atoms with E-state index >= 15 is 0 Å². The summed E-state index contributed by atoms with van der Waals surface area (Å²) in [5.41, 5.74) is -4.23. The van der Waals surface area contributed by atoms with Crippen molar-refractivity contribution >= 4 is 17.9 Å². The molecule has 0 unspecified atom stereocenters. The Kier molecular flexibility index (Phi) is 3.42. The topological polar surface area (TPSA) is 17.1 Å². The van der Waals surface area contributed by atoms with Crippen LogP contribution in [0.5, 0.6) is 0 Å². The predicted molar refractivity (Wildman–Crippen MR) is 46.8 cm³/mol. The minimum atomic E-state index is -5.05. The summed E-state index contributed by atoms with van der Waals surface area (Å²) in [6.07, 6.45) is -10.3. The SMILES string of the molecule is O=Cc1cc(Cl)c(C(F)(F)F)cc1C(F)(F)F. The number of hydrogen-bond donors (Lipinski definition) is 0. The predicted octanol–water partition coefficient (Wildman–Crippen LogP) is 4.19. The highest BCUT2D eigenvalue weighted by Crippen LogP contribution is 2.40. The van der Waals surface area contributed by atoms with Gasteiger partial charge in [-0.2, -0.15) is 26.3 Å². The van der Waals surface area contributed by atoms with Gasteiger partial charge in [0, 0.05) is 5.56 Å². The van der Waals surface area contributed by atoms with E-state index < -0.39 is 34.1 Å². The highest BCUT2D eigenvalue weighted by Gasteiger charge is 2.39. The van der Waals surface area contributed by atoms with Gasteiger partial charge in [-0.25, -0.2) is 0 Å². The van der Waals surface area contributed by atoms with Crippen LogP contribution in [0.2, 0.25) is 5.02 Å². The van der Waals surface area contributed by atoms with Crippen molar-refractivity contribution in [2.24, 2.45) is 0 Å². The molecule has 0 saturated carbocycles. The van der Waals surface area contributed by atoms with Crippen molar-refractivity contribution in [3.05, 3.63) is 33.8 Å². The fourth-order valence-electron chi connectivity index (χ4n) is 1.15. The van der Waals surface area contributed by atoms with Crippen LogP contribution in [0.1, 0.15) is 21.5 Å². The Labute approximate surface area is 96.0 Å². The van der Waals surface area contributed by atoms with Crippen LogP contribution in [0, 0.1) is 0 Å². The lowest BCUT2D eigenvalue weighted by Crippen LogP contribution is -2.14. The van der Waals surface area contributed by atoms with E-state index in [4.69, 9.17) is 11.6 Å². The van der Waals surface area contributed by atoms with Crippen LogP contribution in [0.4, 0.5) is 26.3 Å². The highest BCUT2D eigenvalue weighted by atomic mass is 35.5. The number of carbonyl (C=O) groups excluding carboxylic acids is 1. The summed E-state index contributed by atoms with van der Waals surface area (Å²) < 4.78 is 74.0. The zero-order valence-corrected chi connectivity index (χ0v) is 8.54. The maximum Gasteiger partial charge on any atom is 0.417 e. The fourth-order valence-corrected chi connectivity index (χ4v) is 1.43. The summed E-state index contributed by atoms with van der Waals surface area (Å²) in [7, 11) is 0. The highest BCUT2D eigenvalue weighted by molar-refractivity contribution is 6.31. The molecule has 0 N–H and O–H groups in total. The van der Waals surface area contributed by atoms with Gasteiger partial charge < -0.3 is 0 Å². The molecule has 0 bridgehead atoms. The second-order valence-electron chi connectivity index (χ2n) is 3.03. The van der Waals surface area contributed by atoms with Crippen LogP contribution in [-0.4, -0.2) is 6.29 Å². The van der Waals surface area contributed by atoms with E-state index in [2.05, 4.69) is 0 Å².